The second-order valence-electron chi connectivity index (χ2n) is 5.17. The topological polar surface area (TPSA) is 93.5 Å². The van der Waals surface area contributed by atoms with Gasteiger partial charge in [-0.25, -0.2) is 14.0 Å². The molecule has 1 heterocycles. The van der Waals surface area contributed by atoms with E-state index in [-0.39, 0.29) is 11.7 Å². The third-order valence-corrected chi connectivity index (χ3v) is 3.60. The largest absolute Gasteiger partial charge is 0.480 e. The van der Waals surface area contributed by atoms with Gasteiger partial charge < -0.3 is 10.4 Å². The number of amidine groups is 1. The number of urea groups is 1. The Kier molecular flexibility index (Phi) is 5.08. The summed E-state index contributed by atoms with van der Waals surface area (Å²) >= 11 is 0. The zero-order valence-electron chi connectivity index (χ0n) is 12.0. The molecule has 0 saturated carbocycles. The third kappa shape index (κ3) is 3.81. The summed E-state index contributed by atoms with van der Waals surface area (Å²) in [6, 6.07) is 4.40. The molecule has 1 saturated heterocycles. The predicted molar refractivity (Wildman–Crippen MR) is 78.3 cm³/mol. The molecule has 0 radical (unpaired) electrons. The maximum Gasteiger partial charge on any atom is 0.326 e. The fraction of sp³-hybridized carbons (Fsp3) is 0.400. The van der Waals surface area contributed by atoms with Crippen LogP contribution < -0.4 is 5.32 Å². The van der Waals surface area contributed by atoms with E-state index in [1.165, 1.54) is 12.1 Å². The van der Waals surface area contributed by atoms with Gasteiger partial charge in [-0.15, -0.1) is 0 Å². The van der Waals surface area contributed by atoms with Crippen molar-refractivity contribution < 1.29 is 19.1 Å². The third-order valence-electron chi connectivity index (χ3n) is 3.60. The molecule has 0 spiro atoms. The molecule has 1 aliphatic heterocycles. The molecule has 1 unspecified atom stereocenters. The first-order valence-corrected chi connectivity index (χ1v) is 7.11. The summed E-state index contributed by atoms with van der Waals surface area (Å²) in [5, 5.41) is 19.6. The Morgan fingerprint density at radius 2 is 2.05 bits per heavy atom. The van der Waals surface area contributed by atoms with Gasteiger partial charge in [0.05, 0.1) is 0 Å². The van der Waals surface area contributed by atoms with Gasteiger partial charge in [0.2, 0.25) is 0 Å². The molecule has 1 aromatic carbocycles. The summed E-state index contributed by atoms with van der Waals surface area (Å²) in [6.07, 6.45) is 1.85. The number of halogens is 1. The quantitative estimate of drug-likeness (QED) is 0.794. The van der Waals surface area contributed by atoms with Gasteiger partial charge in [-0.3, -0.25) is 10.3 Å². The number of carboxylic acids is 1. The summed E-state index contributed by atoms with van der Waals surface area (Å²) in [7, 11) is 0. The minimum Gasteiger partial charge on any atom is -0.480 e. The summed E-state index contributed by atoms with van der Waals surface area (Å²) in [4.78, 5) is 24.3. The maximum absolute atomic E-state index is 12.8. The van der Waals surface area contributed by atoms with Gasteiger partial charge >= 0.3 is 12.0 Å². The van der Waals surface area contributed by atoms with Crippen molar-refractivity contribution in [1.29, 1.82) is 5.41 Å². The summed E-state index contributed by atoms with van der Waals surface area (Å²) in [5.74, 6) is -1.39. The van der Waals surface area contributed by atoms with Crippen molar-refractivity contribution in [1.82, 2.24) is 10.2 Å². The number of nitrogens with one attached hydrogen (secondary N) is 2. The number of carbonyl (C=O) groups excluding carboxylic acids is 1. The molecule has 2 amide bonds. The van der Waals surface area contributed by atoms with E-state index in [9.17, 15) is 14.0 Å². The molecular weight excluding hydrogens is 289 g/mol. The molecule has 3 N–H and O–H groups in total. The monoisotopic (exact) mass is 307 g/mol. The molecule has 0 aliphatic carbocycles. The summed E-state index contributed by atoms with van der Waals surface area (Å²) in [5.41, 5.74) is 0.866. The lowest BCUT2D eigenvalue weighted by Crippen LogP contribution is -2.54. The molecule has 1 fully saturated rings. The Morgan fingerprint density at radius 3 is 2.68 bits per heavy atom. The van der Waals surface area contributed by atoms with E-state index >= 15 is 0 Å². The van der Waals surface area contributed by atoms with Crippen LogP contribution in [-0.2, 0) is 11.2 Å². The highest BCUT2D eigenvalue weighted by atomic mass is 19.1. The SMILES string of the molecule is N=C1CCCC(C(=O)O)N1C(=O)NCCc1ccc(F)cc1. The molecule has 1 aromatic rings. The van der Waals surface area contributed by atoms with Gasteiger partial charge in [0.15, 0.2) is 0 Å². The summed E-state index contributed by atoms with van der Waals surface area (Å²) in [6.45, 7) is 0.292. The standard InChI is InChI=1S/C15H18FN3O3/c16-11-6-4-10(5-7-11)8-9-18-15(22)19-12(14(20)21)2-1-3-13(19)17/h4-7,12,17H,1-3,8-9H2,(H,18,22)(H,20,21). The number of hydrogen-bond acceptors (Lipinski definition) is 3. The van der Waals surface area contributed by atoms with Crippen molar-refractivity contribution in [3.8, 4) is 0 Å². The van der Waals surface area contributed by atoms with E-state index in [0.29, 0.717) is 32.2 Å². The highest BCUT2D eigenvalue weighted by molar-refractivity contribution is 6.00. The number of amides is 2. The Labute approximate surface area is 127 Å². The minimum atomic E-state index is -1.10. The number of rotatable bonds is 4. The lowest BCUT2D eigenvalue weighted by Gasteiger charge is -2.33. The molecular formula is C15H18FN3O3. The van der Waals surface area contributed by atoms with Gasteiger partial charge in [-0.1, -0.05) is 12.1 Å². The zero-order valence-corrected chi connectivity index (χ0v) is 12.0. The smallest absolute Gasteiger partial charge is 0.326 e. The number of aliphatic carboxylic acids is 1. The van der Waals surface area contributed by atoms with Gasteiger partial charge in [0, 0.05) is 13.0 Å². The van der Waals surface area contributed by atoms with Crippen molar-refractivity contribution in [2.24, 2.45) is 0 Å². The minimum absolute atomic E-state index is 0.0259. The normalized spacial score (nSPS) is 18.1. The molecule has 0 bridgehead atoms. The molecule has 0 aromatic heterocycles. The van der Waals surface area contributed by atoms with Crippen molar-refractivity contribution in [2.75, 3.05) is 6.54 Å². The molecule has 118 valence electrons. The van der Waals surface area contributed by atoms with Crippen LogP contribution in [0.15, 0.2) is 24.3 Å². The number of nitrogens with zero attached hydrogens (tertiary/aromatic N) is 1. The Morgan fingerprint density at radius 1 is 1.36 bits per heavy atom. The maximum atomic E-state index is 12.8. The van der Waals surface area contributed by atoms with Gasteiger partial charge in [0.1, 0.15) is 17.7 Å². The average Bonchev–Trinajstić information content (AvgIpc) is 2.48. The van der Waals surface area contributed by atoms with Crippen molar-refractivity contribution in [3.63, 3.8) is 0 Å². The van der Waals surface area contributed by atoms with Crippen LogP contribution in [-0.4, -0.2) is 40.4 Å². The molecule has 1 aliphatic rings. The van der Waals surface area contributed by atoms with Crippen molar-refractivity contribution in [2.45, 2.75) is 31.7 Å². The summed E-state index contributed by atoms with van der Waals surface area (Å²) < 4.78 is 12.8. The van der Waals surface area contributed by atoms with Crippen LogP contribution in [0.4, 0.5) is 9.18 Å². The number of carbonyl (C=O) groups is 2. The fourth-order valence-electron chi connectivity index (χ4n) is 2.45. The van der Waals surface area contributed by atoms with Gasteiger partial charge in [0.25, 0.3) is 0 Å². The van der Waals surface area contributed by atoms with E-state index in [0.717, 1.165) is 10.5 Å². The number of piperidine rings is 1. The number of benzene rings is 1. The van der Waals surface area contributed by atoms with Crippen LogP contribution in [0.3, 0.4) is 0 Å². The number of carboxylic acid groups (broad SMARTS) is 1. The molecule has 7 heteroatoms. The van der Waals surface area contributed by atoms with Gasteiger partial charge in [-0.2, -0.15) is 0 Å². The number of likely N-dealkylation sites (tertiary alicyclic amines) is 1. The van der Waals surface area contributed by atoms with E-state index in [1.807, 2.05) is 0 Å². The van der Waals surface area contributed by atoms with E-state index in [2.05, 4.69) is 5.32 Å². The fourth-order valence-corrected chi connectivity index (χ4v) is 2.45. The Balaban J connectivity index is 1.91. The predicted octanol–water partition coefficient (Wildman–Crippen LogP) is 1.99. The van der Waals surface area contributed by atoms with Crippen LogP contribution >= 0.6 is 0 Å². The van der Waals surface area contributed by atoms with Crippen LogP contribution in [0.1, 0.15) is 24.8 Å². The van der Waals surface area contributed by atoms with Crippen molar-refractivity contribution in [3.05, 3.63) is 35.6 Å². The molecule has 2 rings (SSSR count). The first-order valence-electron chi connectivity index (χ1n) is 7.11. The number of hydrogen-bond donors (Lipinski definition) is 3. The molecule has 6 nitrogen and oxygen atoms in total. The molecule has 1 atom stereocenters. The van der Waals surface area contributed by atoms with Crippen molar-refractivity contribution >= 4 is 17.8 Å². The van der Waals surface area contributed by atoms with Crippen LogP contribution in [0.5, 0.6) is 0 Å². The Hall–Kier alpha value is -2.44. The van der Waals surface area contributed by atoms with E-state index < -0.39 is 18.0 Å². The van der Waals surface area contributed by atoms with Gasteiger partial charge in [-0.05, 0) is 37.0 Å². The second-order valence-corrected chi connectivity index (χ2v) is 5.17. The second kappa shape index (κ2) is 7.02. The van der Waals surface area contributed by atoms with Crippen LogP contribution in [0.25, 0.3) is 0 Å². The molecule has 22 heavy (non-hydrogen) atoms. The van der Waals surface area contributed by atoms with E-state index in [1.54, 1.807) is 12.1 Å². The first kappa shape index (κ1) is 15.9. The highest BCUT2D eigenvalue weighted by Gasteiger charge is 2.35. The van der Waals surface area contributed by atoms with Crippen LogP contribution in [0, 0.1) is 11.2 Å². The van der Waals surface area contributed by atoms with E-state index in [4.69, 9.17) is 10.5 Å². The average molecular weight is 307 g/mol. The lowest BCUT2D eigenvalue weighted by atomic mass is 10.0. The Bertz CT molecular complexity index is 574. The van der Waals surface area contributed by atoms with Crippen LogP contribution in [0.2, 0.25) is 0 Å². The highest BCUT2D eigenvalue weighted by Crippen LogP contribution is 2.18. The zero-order chi connectivity index (χ0) is 16.1. The lowest BCUT2D eigenvalue weighted by molar-refractivity contribution is -0.141. The first-order chi connectivity index (χ1) is 10.5.